The number of thioether (sulfide) groups is 1. The molecule has 0 spiro atoms. The molecule has 6 nitrogen and oxygen atoms in total. The summed E-state index contributed by atoms with van der Waals surface area (Å²) in [6.45, 7) is 5.29. The van der Waals surface area contributed by atoms with E-state index in [9.17, 15) is 4.79 Å². The second-order valence-corrected chi connectivity index (χ2v) is 7.29. The number of nitrogens with zero attached hydrogens (tertiary/aromatic N) is 3. The van der Waals surface area contributed by atoms with Crippen molar-refractivity contribution in [2.24, 2.45) is 0 Å². The van der Waals surface area contributed by atoms with Crippen molar-refractivity contribution in [2.45, 2.75) is 32.2 Å². The number of carbonyl (C=O) groups is 1. The van der Waals surface area contributed by atoms with E-state index in [1.165, 1.54) is 17.3 Å². The highest BCUT2D eigenvalue weighted by Crippen LogP contribution is 2.25. The molecule has 7 heteroatoms. The number of methoxy groups -OCH3 is 1. The Labute approximate surface area is 169 Å². The third-order valence-corrected chi connectivity index (χ3v) is 5.20. The standard InChI is InChI=1S/C21H24N4O2S/c1-4-25-20(16-10-7-8-15(2)12-16)23-24-21(25)28-14-19(26)22-18-11-6-5-9-17(18)13-27-3/h5-12H,4,13-14H2,1-3H3,(H,22,26). The number of aromatic nitrogens is 3. The van der Waals surface area contributed by atoms with E-state index in [4.69, 9.17) is 4.74 Å². The number of hydrogen-bond donors (Lipinski definition) is 1. The Kier molecular flexibility index (Phi) is 6.84. The number of benzene rings is 2. The van der Waals surface area contributed by atoms with Crippen LogP contribution in [0.1, 0.15) is 18.1 Å². The van der Waals surface area contributed by atoms with Crippen molar-refractivity contribution < 1.29 is 9.53 Å². The van der Waals surface area contributed by atoms with Gasteiger partial charge in [-0.1, -0.05) is 53.7 Å². The van der Waals surface area contributed by atoms with Crippen LogP contribution in [-0.2, 0) is 22.7 Å². The highest BCUT2D eigenvalue weighted by molar-refractivity contribution is 7.99. The van der Waals surface area contributed by atoms with Gasteiger partial charge in [-0.15, -0.1) is 10.2 Å². The van der Waals surface area contributed by atoms with Gasteiger partial charge < -0.3 is 14.6 Å². The maximum Gasteiger partial charge on any atom is 0.234 e. The molecule has 28 heavy (non-hydrogen) atoms. The zero-order valence-corrected chi connectivity index (χ0v) is 17.1. The molecule has 0 aliphatic rings. The van der Waals surface area contributed by atoms with Crippen LogP contribution in [0.25, 0.3) is 11.4 Å². The summed E-state index contributed by atoms with van der Waals surface area (Å²) >= 11 is 1.38. The number of ether oxygens (including phenoxy) is 1. The minimum atomic E-state index is -0.0867. The van der Waals surface area contributed by atoms with E-state index in [0.29, 0.717) is 6.61 Å². The first kappa shape index (κ1) is 20.1. The van der Waals surface area contributed by atoms with Crippen LogP contribution in [0.15, 0.2) is 53.7 Å². The second-order valence-electron chi connectivity index (χ2n) is 6.35. The molecule has 0 saturated heterocycles. The largest absolute Gasteiger partial charge is 0.380 e. The number of aryl methyl sites for hydroxylation is 1. The Bertz CT molecular complexity index is 955. The van der Waals surface area contributed by atoms with Crippen molar-refractivity contribution in [3.63, 3.8) is 0 Å². The molecule has 0 unspecified atom stereocenters. The number of para-hydroxylation sites is 1. The molecule has 146 valence electrons. The van der Waals surface area contributed by atoms with Gasteiger partial charge in [0.15, 0.2) is 11.0 Å². The first-order valence-corrected chi connectivity index (χ1v) is 10.1. The fraction of sp³-hybridized carbons (Fsp3) is 0.286. The van der Waals surface area contributed by atoms with E-state index in [1.54, 1.807) is 7.11 Å². The van der Waals surface area contributed by atoms with Gasteiger partial charge in [-0.05, 0) is 26.0 Å². The van der Waals surface area contributed by atoms with E-state index in [0.717, 1.165) is 34.3 Å². The molecule has 0 atom stereocenters. The minimum absolute atomic E-state index is 0.0867. The summed E-state index contributed by atoms with van der Waals surface area (Å²) in [5.41, 5.74) is 3.92. The van der Waals surface area contributed by atoms with Crippen LogP contribution < -0.4 is 5.32 Å². The summed E-state index contributed by atoms with van der Waals surface area (Å²) in [7, 11) is 1.64. The van der Waals surface area contributed by atoms with E-state index < -0.39 is 0 Å². The van der Waals surface area contributed by atoms with E-state index in [1.807, 2.05) is 47.9 Å². The summed E-state index contributed by atoms with van der Waals surface area (Å²) in [4.78, 5) is 12.4. The van der Waals surface area contributed by atoms with E-state index in [2.05, 4.69) is 34.6 Å². The Hall–Kier alpha value is -2.64. The van der Waals surface area contributed by atoms with Crippen molar-refractivity contribution in [3.05, 3.63) is 59.7 Å². The SMILES string of the molecule is CCn1c(SCC(=O)Nc2ccccc2COC)nnc1-c1cccc(C)c1. The molecular weight excluding hydrogens is 372 g/mol. The first-order valence-electron chi connectivity index (χ1n) is 9.12. The lowest BCUT2D eigenvalue weighted by molar-refractivity contribution is -0.113. The van der Waals surface area contributed by atoms with Crippen molar-refractivity contribution >= 4 is 23.4 Å². The minimum Gasteiger partial charge on any atom is -0.380 e. The van der Waals surface area contributed by atoms with Gasteiger partial charge in [-0.2, -0.15) is 0 Å². The Balaban J connectivity index is 1.69. The van der Waals surface area contributed by atoms with Gasteiger partial charge in [0.25, 0.3) is 0 Å². The van der Waals surface area contributed by atoms with Crippen LogP contribution in [-0.4, -0.2) is 33.5 Å². The average Bonchev–Trinajstić information content (AvgIpc) is 3.11. The molecule has 1 aromatic heterocycles. The fourth-order valence-electron chi connectivity index (χ4n) is 2.92. The smallest absolute Gasteiger partial charge is 0.234 e. The quantitative estimate of drug-likeness (QED) is 0.579. The second kappa shape index (κ2) is 9.52. The molecule has 0 bridgehead atoms. The highest BCUT2D eigenvalue weighted by atomic mass is 32.2. The summed E-state index contributed by atoms with van der Waals surface area (Å²) in [5.74, 6) is 0.989. The maximum atomic E-state index is 12.4. The Morgan fingerprint density at radius 3 is 2.75 bits per heavy atom. The number of carbonyl (C=O) groups excluding carboxylic acids is 1. The van der Waals surface area contributed by atoms with Gasteiger partial charge in [-0.25, -0.2) is 0 Å². The molecule has 1 N–H and O–H groups in total. The molecule has 0 fully saturated rings. The summed E-state index contributed by atoms with van der Waals surface area (Å²) in [6.07, 6.45) is 0. The predicted molar refractivity (Wildman–Crippen MR) is 112 cm³/mol. The van der Waals surface area contributed by atoms with Crippen LogP contribution >= 0.6 is 11.8 Å². The lowest BCUT2D eigenvalue weighted by Gasteiger charge is -2.11. The molecule has 1 amide bonds. The maximum absolute atomic E-state index is 12.4. The zero-order valence-electron chi connectivity index (χ0n) is 16.3. The van der Waals surface area contributed by atoms with Gasteiger partial charge in [0.2, 0.25) is 5.91 Å². The normalized spacial score (nSPS) is 10.8. The van der Waals surface area contributed by atoms with Crippen molar-refractivity contribution in [1.82, 2.24) is 14.8 Å². The molecule has 0 aliphatic heterocycles. The lowest BCUT2D eigenvalue weighted by atomic mass is 10.1. The molecule has 3 aromatic rings. The van der Waals surface area contributed by atoms with Crippen molar-refractivity contribution in [3.8, 4) is 11.4 Å². The van der Waals surface area contributed by atoms with Gasteiger partial charge >= 0.3 is 0 Å². The molecule has 3 rings (SSSR count). The number of hydrogen-bond acceptors (Lipinski definition) is 5. The number of amides is 1. The predicted octanol–water partition coefficient (Wildman–Crippen LogP) is 4.15. The van der Waals surface area contributed by atoms with Crippen LogP contribution in [0.4, 0.5) is 5.69 Å². The molecular formula is C21H24N4O2S. The topological polar surface area (TPSA) is 69.0 Å². The first-order chi connectivity index (χ1) is 13.6. The third kappa shape index (κ3) is 4.79. The van der Waals surface area contributed by atoms with Crippen LogP contribution in [0, 0.1) is 6.92 Å². The number of nitrogens with one attached hydrogen (secondary N) is 1. The molecule has 1 heterocycles. The summed E-state index contributed by atoms with van der Waals surface area (Å²) in [5, 5.41) is 12.3. The molecule has 0 saturated carbocycles. The molecule has 2 aromatic carbocycles. The van der Waals surface area contributed by atoms with Gasteiger partial charge in [0.05, 0.1) is 12.4 Å². The van der Waals surface area contributed by atoms with Gasteiger partial charge in [-0.3, -0.25) is 4.79 Å². The fourth-order valence-corrected chi connectivity index (χ4v) is 3.72. The van der Waals surface area contributed by atoms with E-state index >= 15 is 0 Å². The van der Waals surface area contributed by atoms with E-state index in [-0.39, 0.29) is 11.7 Å². The summed E-state index contributed by atoms with van der Waals surface area (Å²) in [6, 6.07) is 15.8. The molecule has 0 aliphatic carbocycles. The summed E-state index contributed by atoms with van der Waals surface area (Å²) < 4.78 is 7.22. The van der Waals surface area contributed by atoms with Gasteiger partial charge in [0, 0.05) is 30.5 Å². The Morgan fingerprint density at radius 1 is 1.18 bits per heavy atom. The monoisotopic (exact) mass is 396 g/mol. The van der Waals surface area contributed by atoms with Gasteiger partial charge in [0.1, 0.15) is 0 Å². The van der Waals surface area contributed by atoms with Crippen LogP contribution in [0.2, 0.25) is 0 Å². The third-order valence-electron chi connectivity index (χ3n) is 4.23. The number of rotatable bonds is 8. The Morgan fingerprint density at radius 2 is 2.00 bits per heavy atom. The zero-order chi connectivity index (χ0) is 19.9. The van der Waals surface area contributed by atoms with Crippen LogP contribution in [0.5, 0.6) is 0 Å². The molecule has 0 radical (unpaired) electrons. The highest BCUT2D eigenvalue weighted by Gasteiger charge is 2.15. The van der Waals surface area contributed by atoms with Crippen molar-refractivity contribution in [1.29, 1.82) is 0 Å². The number of anilines is 1. The lowest BCUT2D eigenvalue weighted by Crippen LogP contribution is -2.16. The van der Waals surface area contributed by atoms with Crippen LogP contribution in [0.3, 0.4) is 0 Å². The average molecular weight is 397 g/mol. The van der Waals surface area contributed by atoms with Crippen molar-refractivity contribution in [2.75, 3.05) is 18.2 Å².